The van der Waals surface area contributed by atoms with E-state index in [0.29, 0.717) is 6.04 Å². The molecule has 27 heavy (non-hydrogen) atoms. The fourth-order valence-electron chi connectivity index (χ4n) is 4.51. The third kappa shape index (κ3) is 4.51. The van der Waals surface area contributed by atoms with E-state index >= 15 is 0 Å². The number of morpholine rings is 1. The Morgan fingerprint density at radius 2 is 1.74 bits per heavy atom. The van der Waals surface area contributed by atoms with Gasteiger partial charge in [-0.05, 0) is 25.7 Å². The second-order valence-electron chi connectivity index (χ2n) is 7.94. The summed E-state index contributed by atoms with van der Waals surface area (Å²) in [5, 5.41) is 3.30. The molecule has 1 aromatic rings. The van der Waals surface area contributed by atoms with Gasteiger partial charge in [-0.1, -0.05) is 19.3 Å². The van der Waals surface area contributed by atoms with E-state index in [1.807, 2.05) is 6.20 Å². The van der Waals surface area contributed by atoms with Crippen LogP contribution in [0.15, 0.2) is 12.5 Å². The lowest BCUT2D eigenvalue weighted by molar-refractivity contribution is -0.126. The highest BCUT2D eigenvalue weighted by molar-refractivity contribution is 5.79. The number of hydrogen-bond donors (Lipinski definition) is 1. The quantitative estimate of drug-likeness (QED) is 0.870. The number of ether oxygens (including phenoxy) is 1. The number of anilines is 2. The smallest absolute Gasteiger partial charge is 0.223 e. The molecule has 3 aliphatic rings. The van der Waals surface area contributed by atoms with E-state index in [-0.39, 0.29) is 11.8 Å². The molecule has 7 heteroatoms. The fourth-order valence-corrected chi connectivity index (χ4v) is 4.51. The number of nitrogens with one attached hydrogen (secondary N) is 1. The van der Waals surface area contributed by atoms with Crippen molar-refractivity contribution in [1.82, 2.24) is 15.3 Å². The molecule has 0 bridgehead atoms. The molecule has 1 N–H and O–H groups in total. The van der Waals surface area contributed by atoms with Gasteiger partial charge in [0.05, 0.1) is 25.1 Å². The standard InChI is InChI=1S/C20H31N5O2/c26-20(23-17-4-2-1-3-5-17)16-6-8-24(9-7-16)18-14-21-15-22-19(18)25-10-12-27-13-11-25/h14-17H,1-13H2,(H,23,26). The molecule has 7 nitrogen and oxygen atoms in total. The summed E-state index contributed by atoms with van der Waals surface area (Å²) in [6.45, 7) is 4.98. The van der Waals surface area contributed by atoms with E-state index in [2.05, 4.69) is 25.1 Å². The van der Waals surface area contributed by atoms with Crippen molar-refractivity contribution in [2.75, 3.05) is 49.2 Å². The van der Waals surface area contributed by atoms with E-state index < -0.39 is 0 Å². The zero-order chi connectivity index (χ0) is 18.5. The molecule has 2 aliphatic heterocycles. The first-order valence-corrected chi connectivity index (χ1v) is 10.5. The van der Waals surface area contributed by atoms with Gasteiger partial charge in [0.2, 0.25) is 5.91 Å². The average Bonchev–Trinajstić information content (AvgIpc) is 2.75. The third-order valence-electron chi connectivity index (χ3n) is 6.14. The summed E-state index contributed by atoms with van der Waals surface area (Å²) in [5.74, 6) is 1.40. The van der Waals surface area contributed by atoms with E-state index in [1.54, 1.807) is 6.33 Å². The summed E-state index contributed by atoms with van der Waals surface area (Å²) in [5.41, 5.74) is 1.09. The Balaban J connectivity index is 1.34. The van der Waals surface area contributed by atoms with Crippen molar-refractivity contribution < 1.29 is 9.53 Å². The Kier molecular flexibility index (Phi) is 6.07. The van der Waals surface area contributed by atoms with Crippen LogP contribution in [0.3, 0.4) is 0 Å². The van der Waals surface area contributed by atoms with Crippen LogP contribution >= 0.6 is 0 Å². The Labute approximate surface area is 161 Å². The van der Waals surface area contributed by atoms with Gasteiger partial charge in [-0.15, -0.1) is 0 Å². The number of piperidine rings is 1. The Morgan fingerprint density at radius 1 is 1.00 bits per heavy atom. The van der Waals surface area contributed by atoms with Crippen LogP contribution in [0.25, 0.3) is 0 Å². The number of nitrogens with zero attached hydrogens (tertiary/aromatic N) is 4. The lowest BCUT2D eigenvalue weighted by atomic mass is 9.92. The number of aromatic nitrogens is 2. The Morgan fingerprint density at radius 3 is 2.48 bits per heavy atom. The van der Waals surface area contributed by atoms with Crippen molar-refractivity contribution in [3.8, 4) is 0 Å². The molecule has 0 radical (unpaired) electrons. The first kappa shape index (κ1) is 18.5. The average molecular weight is 374 g/mol. The Bertz CT molecular complexity index is 621. The van der Waals surface area contributed by atoms with Crippen LogP contribution in [-0.4, -0.2) is 61.3 Å². The van der Waals surface area contributed by atoms with E-state index in [9.17, 15) is 4.79 Å². The lowest BCUT2D eigenvalue weighted by Crippen LogP contribution is -2.45. The van der Waals surface area contributed by atoms with Gasteiger partial charge in [-0.25, -0.2) is 9.97 Å². The molecule has 148 valence electrons. The van der Waals surface area contributed by atoms with Crippen LogP contribution in [0.1, 0.15) is 44.9 Å². The van der Waals surface area contributed by atoms with Gasteiger partial charge in [0, 0.05) is 38.1 Å². The summed E-state index contributed by atoms with van der Waals surface area (Å²) < 4.78 is 5.47. The second kappa shape index (κ2) is 8.87. The molecular weight excluding hydrogens is 342 g/mol. The predicted octanol–water partition coefficient (Wildman–Crippen LogP) is 1.98. The van der Waals surface area contributed by atoms with Crippen LogP contribution < -0.4 is 15.1 Å². The highest BCUT2D eigenvalue weighted by atomic mass is 16.5. The fraction of sp³-hybridized carbons (Fsp3) is 0.750. The SMILES string of the molecule is O=C(NC1CCCCC1)C1CCN(c2cncnc2N2CCOCC2)CC1. The maximum atomic E-state index is 12.6. The molecular formula is C20H31N5O2. The lowest BCUT2D eigenvalue weighted by Gasteiger charge is -2.36. The van der Waals surface area contributed by atoms with Crippen molar-refractivity contribution in [3.63, 3.8) is 0 Å². The topological polar surface area (TPSA) is 70.6 Å². The van der Waals surface area contributed by atoms with Crippen molar-refractivity contribution in [2.24, 2.45) is 5.92 Å². The van der Waals surface area contributed by atoms with Crippen LogP contribution in [0, 0.1) is 5.92 Å². The van der Waals surface area contributed by atoms with Gasteiger partial charge in [0.25, 0.3) is 0 Å². The van der Waals surface area contributed by atoms with Gasteiger partial charge < -0.3 is 19.9 Å². The van der Waals surface area contributed by atoms with Gasteiger partial charge in [-0.2, -0.15) is 0 Å². The highest BCUT2D eigenvalue weighted by Crippen LogP contribution is 2.30. The van der Waals surface area contributed by atoms with Gasteiger partial charge in [0.1, 0.15) is 6.33 Å². The molecule has 0 spiro atoms. The second-order valence-corrected chi connectivity index (χ2v) is 7.94. The van der Waals surface area contributed by atoms with Crippen molar-refractivity contribution in [2.45, 2.75) is 51.0 Å². The maximum absolute atomic E-state index is 12.6. The molecule has 4 rings (SSSR count). The molecule has 0 unspecified atom stereocenters. The number of hydrogen-bond acceptors (Lipinski definition) is 6. The van der Waals surface area contributed by atoms with Crippen LogP contribution in [-0.2, 0) is 9.53 Å². The summed E-state index contributed by atoms with van der Waals surface area (Å²) in [6.07, 6.45) is 11.5. The summed E-state index contributed by atoms with van der Waals surface area (Å²) in [4.78, 5) is 26.1. The van der Waals surface area contributed by atoms with E-state index in [1.165, 1.54) is 19.3 Å². The Hall–Kier alpha value is -1.89. The minimum Gasteiger partial charge on any atom is -0.378 e. The van der Waals surface area contributed by atoms with Crippen LogP contribution in [0.2, 0.25) is 0 Å². The molecule has 1 aliphatic carbocycles. The normalized spacial score (nSPS) is 22.7. The van der Waals surface area contributed by atoms with E-state index in [0.717, 1.165) is 76.6 Å². The molecule has 2 saturated heterocycles. The number of carbonyl (C=O) groups excluding carboxylic acids is 1. The van der Waals surface area contributed by atoms with E-state index in [4.69, 9.17) is 4.74 Å². The molecule has 0 atom stereocenters. The minimum atomic E-state index is 0.139. The molecule has 3 fully saturated rings. The summed E-state index contributed by atoms with van der Waals surface area (Å²) >= 11 is 0. The van der Waals surface area contributed by atoms with Crippen molar-refractivity contribution >= 4 is 17.4 Å². The first-order valence-electron chi connectivity index (χ1n) is 10.5. The van der Waals surface area contributed by atoms with Crippen molar-refractivity contribution in [1.29, 1.82) is 0 Å². The molecule has 1 aromatic heterocycles. The molecule has 3 heterocycles. The zero-order valence-corrected chi connectivity index (χ0v) is 16.1. The molecule has 1 saturated carbocycles. The number of amides is 1. The maximum Gasteiger partial charge on any atom is 0.223 e. The summed E-state index contributed by atoms with van der Waals surface area (Å²) in [7, 11) is 0. The highest BCUT2D eigenvalue weighted by Gasteiger charge is 2.29. The monoisotopic (exact) mass is 373 g/mol. The van der Waals surface area contributed by atoms with Crippen molar-refractivity contribution in [3.05, 3.63) is 12.5 Å². The number of carbonyl (C=O) groups is 1. The zero-order valence-electron chi connectivity index (χ0n) is 16.1. The largest absolute Gasteiger partial charge is 0.378 e. The first-order chi connectivity index (χ1) is 13.3. The molecule has 0 aromatic carbocycles. The van der Waals surface area contributed by atoms with Gasteiger partial charge >= 0.3 is 0 Å². The summed E-state index contributed by atoms with van der Waals surface area (Å²) in [6, 6.07) is 0.403. The van der Waals surface area contributed by atoms with Gasteiger partial charge in [-0.3, -0.25) is 4.79 Å². The third-order valence-corrected chi connectivity index (χ3v) is 6.14. The van der Waals surface area contributed by atoms with Crippen LogP contribution in [0.5, 0.6) is 0 Å². The van der Waals surface area contributed by atoms with Gasteiger partial charge in [0.15, 0.2) is 5.82 Å². The predicted molar refractivity (Wildman–Crippen MR) is 105 cm³/mol. The molecule has 1 amide bonds. The number of rotatable bonds is 4. The minimum absolute atomic E-state index is 0.139. The van der Waals surface area contributed by atoms with Crippen LogP contribution in [0.4, 0.5) is 11.5 Å².